The summed E-state index contributed by atoms with van der Waals surface area (Å²) in [6, 6.07) is 21.8. The Bertz CT molecular complexity index is 825. The van der Waals surface area contributed by atoms with E-state index in [4.69, 9.17) is 0 Å². The van der Waals surface area contributed by atoms with Crippen molar-refractivity contribution in [2.45, 2.75) is 27.7 Å². The molecule has 3 aromatic rings. The van der Waals surface area contributed by atoms with Gasteiger partial charge in [0.25, 0.3) is 0 Å². The van der Waals surface area contributed by atoms with Crippen LogP contribution < -0.4 is 0 Å². The second-order valence-electron chi connectivity index (χ2n) is 6.06. The van der Waals surface area contributed by atoms with E-state index in [0.717, 1.165) is 0 Å². The molecular formula is C22H22. The number of hydrogen-bond donors (Lipinski definition) is 0. The molecular weight excluding hydrogens is 264 g/mol. The summed E-state index contributed by atoms with van der Waals surface area (Å²) in [4.78, 5) is 0. The highest BCUT2D eigenvalue weighted by Gasteiger charge is 2.13. The number of aryl methyl sites for hydroxylation is 3. The molecule has 3 rings (SSSR count). The van der Waals surface area contributed by atoms with Gasteiger partial charge in [0.1, 0.15) is 0 Å². The Labute approximate surface area is 133 Å². The van der Waals surface area contributed by atoms with Crippen LogP contribution in [0, 0.1) is 27.7 Å². The summed E-state index contributed by atoms with van der Waals surface area (Å²) in [5.74, 6) is 0. The molecule has 0 amide bonds. The minimum atomic E-state index is 1.32. The molecule has 0 fully saturated rings. The van der Waals surface area contributed by atoms with Crippen LogP contribution in [0.4, 0.5) is 0 Å². The minimum Gasteiger partial charge on any atom is -0.0620 e. The Hall–Kier alpha value is -2.34. The van der Waals surface area contributed by atoms with Gasteiger partial charge in [-0.1, -0.05) is 60.7 Å². The van der Waals surface area contributed by atoms with E-state index in [1.807, 2.05) is 0 Å². The predicted molar refractivity (Wildman–Crippen MR) is 96.3 cm³/mol. The molecule has 0 aliphatic rings. The van der Waals surface area contributed by atoms with Gasteiger partial charge in [-0.25, -0.2) is 0 Å². The first kappa shape index (κ1) is 14.6. The minimum absolute atomic E-state index is 1.32. The lowest BCUT2D eigenvalue weighted by Gasteiger charge is -2.17. The molecule has 0 aliphatic heterocycles. The SMILES string of the molecule is Cc1ccccc1-c1ccc(C)c(-c2ccccc2C)c1C. The maximum atomic E-state index is 2.26. The summed E-state index contributed by atoms with van der Waals surface area (Å²) < 4.78 is 0. The van der Waals surface area contributed by atoms with Crippen molar-refractivity contribution in [1.29, 1.82) is 0 Å². The third-order valence-electron chi connectivity index (χ3n) is 4.52. The zero-order chi connectivity index (χ0) is 15.7. The Kier molecular flexibility index (Phi) is 3.85. The van der Waals surface area contributed by atoms with E-state index in [2.05, 4.69) is 88.4 Å². The van der Waals surface area contributed by atoms with E-state index in [0.29, 0.717) is 0 Å². The molecule has 110 valence electrons. The van der Waals surface area contributed by atoms with Gasteiger partial charge in [0.2, 0.25) is 0 Å². The Morgan fingerprint density at radius 3 is 1.59 bits per heavy atom. The predicted octanol–water partition coefficient (Wildman–Crippen LogP) is 6.25. The van der Waals surface area contributed by atoms with Gasteiger partial charge in [0.15, 0.2) is 0 Å². The molecule has 0 aromatic heterocycles. The van der Waals surface area contributed by atoms with Crippen LogP contribution in [0.25, 0.3) is 22.3 Å². The second-order valence-corrected chi connectivity index (χ2v) is 6.06. The quantitative estimate of drug-likeness (QED) is 0.522. The zero-order valence-corrected chi connectivity index (χ0v) is 13.8. The Morgan fingerprint density at radius 2 is 1.00 bits per heavy atom. The third kappa shape index (κ3) is 2.46. The lowest BCUT2D eigenvalue weighted by molar-refractivity contribution is 1.34. The smallest absolute Gasteiger partial charge is 0.0117 e. The number of hydrogen-bond acceptors (Lipinski definition) is 0. The van der Waals surface area contributed by atoms with Crippen molar-refractivity contribution in [2.24, 2.45) is 0 Å². The average Bonchev–Trinajstić information content (AvgIpc) is 2.50. The average molecular weight is 286 g/mol. The van der Waals surface area contributed by atoms with Gasteiger partial charge in [0, 0.05) is 0 Å². The van der Waals surface area contributed by atoms with Crippen LogP contribution in [0.5, 0.6) is 0 Å². The summed E-state index contributed by atoms with van der Waals surface area (Å²) in [6.45, 7) is 8.82. The molecule has 0 saturated heterocycles. The standard InChI is InChI=1S/C22H22/c1-15-9-5-7-11-19(15)21-14-13-17(3)22(18(21)4)20-12-8-6-10-16(20)2/h5-14H,1-4H3. The maximum absolute atomic E-state index is 2.26. The van der Waals surface area contributed by atoms with Gasteiger partial charge >= 0.3 is 0 Å². The van der Waals surface area contributed by atoms with E-state index in [9.17, 15) is 0 Å². The first-order valence-electron chi connectivity index (χ1n) is 7.82. The molecule has 0 spiro atoms. The molecule has 0 bridgehead atoms. The van der Waals surface area contributed by atoms with Crippen molar-refractivity contribution in [1.82, 2.24) is 0 Å². The number of benzene rings is 3. The fraction of sp³-hybridized carbons (Fsp3) is 0.182. The van der Waals surface area contributed by atoms with Crippen molar-refractivity contribution >= 4 is 0 Å². The van der Waals surface area contributed by atoms with Crippen molar-refractivity contribution in [3.63, 3.8) is 0 Å². The molecule has 0 unspecified atom stereocenters. The largest absolute Gasteiger partial charge is 0.0620 e. The van der Waals surface area contributed by atoms with Crippen molar-refractivity contribution in [3.8, 4) is 22.3 Å². The normalized spacial score (nSPS) is 10.7. The monoisotopic (exact) mass is 286 g/mol. The summed E-state index contributed by atoms with van der Waals surface area (Å²) in [6.07, 6.45) is 0. The van der Waals surface area contributed by atoms with E-state index in [1.54, 1.807) is 0 Å². The van der Waals surface area contributed by atoms with Gasteiger partial charge < -0.3 is 0 Å². The summed E-state index contributed by atoms with van der Waals surface area (Å²) in [7, 11) is 0. The lowest BCUT2D eigenvalue weighted by Crippen LogP contribution is -1.95. The molecule has 3 aromatic carbocycles. The van der Waals surface area contributed by atoms with Crippen molar-refractivity contribution in [3.05, 3.63) is 82.9 Å². The van der Waals surface area contributed by atoms with Gasteiger partial charge in [-0.05, 0) is 72.2 Å². The van der Waals surface area contributed by atoms with E-state index >= 15 is 0 Å². The topological polar surface area (TPSA) is 0 Å². The molecule has 0 saturated carbocycles. The molecule has 0 atom stereocenters. The second kappa shape index (κ2) is 5.81. The van der Waals surface area contributed by atoms with Crippen molar-refractivity contribution in [2.75, 3.05) is 0 Å². The van der Waals surface area contributed by atoms with Gasteiger partial charge in [-0.3, -0.25) is 0 Å². The van der Waals surface area contributed by atoms with Crippen LogP contribution in [0.1, 0.15) is 22.3 Å². The fourth-order valence-electron chi connectivity index (χ4n) is 3.28. The summed E-state index contributed by atoms with van der Waals surface area (Å²) >= 11 is 0. The van der Waals surface area contributed by atoms with Crippen LogP contribution in [-0.2, 0) is 0 Å². The van der Waals surface area contributed by atoms with Crippen LogP contribution in [0.3, 0.4) is 0 Å². The first-order chi connectivity index (χ1) is 10.6. The first-order valence-corrected chi connectivity index (χ1v) is 7.82. The van der Waals surface area contributed by atoms with E-state index in [-0.39, 0.29) is 0 Å². The molecule has 0 heterocycles. The van der Waals surface area contributed by atoms with Crippen LogP contribution in [0.2, 0.25) is 0 Å². The fourth-order valence-corrected chi connectivity index (χ4v) is 3.28. The molecule has 0 N–H and O–H groups in total. The maximum Gasteiger partial charge on any atom is -0.0117 e. The molecule has 0 radical (unpaired) electrons. The van der Waals surface area contributed by atoms with Crippen molar-refractivity contribution < 1.29 is 0 Å². The van der Waals surface area contributed by atoms with Crippen LogP contribution in [-0.4, -0.2) is 0 Å². The summed E-state index contributed by atoms with van der Waals surface area (Å²) in [5.41, 5.74) is 10.7. The Morgan fingerprint density at radius 1 is 0.455 bits per heavy atom. The van der Waals surface area contributed by atoms with Gasteiger partial charge in [-0.2, -0.15) is 0 Å². The highest BCUT2D eigenvalue weighted by Crippen LogP contribution is 2.36. The molecule has 22 heavy (non-hydrogen) atoms. The number of rotatable bonds is 2. The molecule has 0 aliphatic carbocycles. The summed E-state index contributed by atoms with van der Waals surface area (Å²) in [5, 5.41) is 0. The van der Waals surface area contributed by atoms with E-state index in [1.165, 1.54) is 44.5 Å². The zero-order valence-electron chi connectivity index (χ0n) is 13.8. The highest BCUT2D eigenvalue weighted by atomic mass is 14.2. The highest BCUT2D eigenvalue weighted by molar-refractivity contribution is 5.82. The Balaban J connectivity index is 2.28. The third-order valence-corrected chi connectivity index (χ3v) is 4.52. The lowest BCUT2D eigenvalue weighted by atomic mass is 9.87. The molecule has 0 heteroatoms. The van der Waals surface area contributed by atoms with Crippen LogP contribution in [0.15, 0.2) is 60.7 Å². The van der Waals surface area contributed by atoms with Gasteiger partial charge in [-0.15, -0.1) is 0 Å². The van der Waals surface area contributed by atoms with Gasteiger partial charge in [0.05, 0.1) is 0 Å². The van der Waals surface area contributed by atoms with E-state index < -0.39 is 0 Å². The molecule has 0 nitrogen and oxygen atoms in total. The van der Waals surface area contributed by atoms with Crippen LogP contribution >= 0.6 is 0 Å².